The average Bonchev–Trinajstić information content (AvgIpc) is 3.39. The average molecular weight is 643 g/mol. The summed E-state index contributed by atoms with van der Waals surface area (Å²) in [7, 11) is 0. The summed E-state index contributed by atoms with van der Waals surface area (Å²) in [4.78, 5) is 58.9. The van der Waals surface area contributed by atoms with Crippen molar-refractivity contribution in [2.24, 2.45) is 29.1 Å². The van der Waals surface area contributed by atoms with E-state index in [1.165, 1.54) is 17.0 Å². The quantitative estimate of drug-likeness (QED) is 0.274. The number of allylic oxidation sites excluding steroid dienone is 2. The van der Waals surface area contributed by atoms with Gasteiger partial charge in [-0.1, -0.05) is 53.6 Å². The van der Waals surface area contributed by atoms with Crippen LogP contribution in [-0.4, -0.2) is 45.3 Å². The minimum atomic E-state index is -1.34. The zero-order valence-electron chi connectivity index (χ0n) is 25.2. The third-order valence-corrected chi connectivity index (χ3v) is 11.0. The van der Waals surface area contributed by atoms with E-state index in [2.05, 4.69) is 0 Å². The Balaban J connectivity index is 1.30. The lowest BCUT2D eigenvalue weighted by Crippen LogP contribution is -2.49. The third-order valence-electron chi connectivity index (χ3n) is 10.7. The first-order valence-corrected chi connectivity index (χ1v) is 15.8. The first-order valence-electron chi connectivity index (χ1n) is 15.4. The molecular weight excluding hydrogens is 611 g/mol. The van der Waals surface area contributed by atoms with Crippen molar-refractivity contribution in [2.45, 2.75) is 39.0 Å². The second kappa shape index (κ2) is 10.8. The second-order valence-electron chi connectivity index (χ2n) is 13.0. The van der Waals surface area contributed by atoms with Gasteiger partial charge in [-0.2, -0.15) is 0 Å². The molecule has 0 radical (unpaired) electrons. The number of hydrogen-bond acceptors (Lipinski definition) is 6. The molecule has 4 aliphatic rings. The monoisotopic (exact) mass is 642 g/mol. The highest BCUT2D eigenvalue weighted by molar-refractivity contribution is 6.31. The van der Waals surface area contributed by atoms with Gasteiger partial charge in [0, 0.05) is 18.0 Å². The van der Waals surface area contributed by atoms with Crippen LogP contribution in [0.15, 0.2) is 72.3 Å². The van der Waals surface area contributed by atoms with Gasteiger partial charge >= 0.3 is 0 Å². The molecule has 3 aromatic carbocycles. The third kappa shape index (κ3) is 4.31. The number of amides is 4. The molecule has 10 heteroatoms. The fourth-order valence-electron chi connectivity index (χ4n) is 8.33. The van der Waals surface area contributed by atoms with Crippen molar-refractivity contribution >= 4 is 40.9 Å². The summed E-state index contributed by atoms with van der Waals surface area (Å²) in [6, 6.07) is 15.6. The summed E-state index contributed by atoms with van der Waals surface area (Å²) in [5, 5.41) is 20.7. The summed E-state index contributed by atoms with van der Waals surface area (Å²) in [6.07, 6.45) is 2.81. The molecule has 0 aromatic heterocycles. The number of para-hydroxylation sites is 1. The van der Waals surface area contributed by atoms with Gasteiger partial charge < -0.3 is 10.2 Å². The zero-order chi connectivity index (χ0) is 32.7. The van der Waals surface area contributed by atoms with E-state index < -0.39 is 52.6 Å². The number of hydrogen-bond donors (Lipinski definition) is 2. The van der Waals surface area contributed by atoms with Gasteiger partial charge in [0.15, 0.2) is 0 Å². The molecule has 2 saturated heterocycles. The number of phenolic OH excluding ortho intramolecular Hbond substituents is 2. The molecule has 0 spiro atoms. The van der Waals surface area contributed by atoms with E-state index in [-0.39, 0.29) is 47.0 Å². The molecule has 7 rings (SSSR count). The molecule has 4 amide bonds. The summed E-state index contributed by atoms with van der Waals surface area (Å²) in [5.74, 6) is -5.60. The van der Waals surface area contributed by atoms with Crippen molar-refractivity contribution in [3.05, 3.63) is 99.8 Å². The maximum Gasteiger partial charge on any atom is 0.241 e. The molecule has 3 aromatic rings. The Kier molecular flexibility index (Phi) is 7.08. The molecule has 46 heavy (non-hydrogen) atoms. The normalized spacial score (nSPS) is 28.7. The topological polar surface area (TPSA) is 115 Å². The van der Waals surface area contributed by atoms with Crippen LogP contribution in [-0.2, 0) is 25.6 Å². The van der Waals surface area contributed by atoms with Gasteiger partial charge in [0.1, 0.15) is 17.3 Å². The van der Waals surface area contributed by atoms with Crippen molar-refractivity contribution in [2.75, 3.05) is 11.4 Å². The zero-order valence-corrected chi connectivity index (χ0v) is 26.0. The number of aromatic hydroxyl groups is 2. The molecule has 6 atom stereocenters. The first-order chi connectivity index (χ1) is 21.9. The molecule has 1 saturated carbocycles. The molecule has 2 heterocycles. The number of phenols is 2. The van der Waals surface area contributed by atoms with E-state index in [0.29, 0.717) is 24.0 Å². The Hall–Kier alpha value is -4.50. The molecule has 2 aliphatic carbocycles. The van der Waals surface area contributed by atoms with Gasteiger partial charge in [-0.15, -0.1) is 0 Å². The van der Waals surface area contributed by atoms with Gasteiger partial charge in [0.25, 0.3) is 0 Å². The summed E-state index contributed by atoms with van der Waals surface area (Å²) < 4.78 is 14.1. The molecule has 3 fully saturated rings. The number of benzene rings is 3. The lowest BCUT2D eigenvalue weighted by Gasteiger charge is -2.49. The lowest BCUT2D eigenvalue weighted by atomic mass is 9.51. The van der Waals surface area contributed by atoms with E-state index in [1.807, 2.05) is 6.08 Å². The number of nitrogens with zero attached hydrogens (tertiary/aromatic N) is 2. The number of carbonyl (C=O) groups excluding carboxylic acids is 4. The Morgan fingerprint density at radius 3 is 2.41 bits per heavy atom. The number of rotatable bonds is 5. The van der Waals surface area contributed by atoms with Crippen LogP contribution in [0.5, 0.6) is 11.5 Å². The molecule has 2 aliphatic heterocycles. The molecule has 0 unspecified atom stereocenters. The van der Waals surface area contributed by atoms with Crippen molar-refractivity contribution in [1.29, 1.82) is 0 Å². The van der Waals surface area contributed by atoms with Gasteiger partial charge in [-0.3, -0.25) is 24.1 Å². The van der Waals surface area contributed by atoms with Crippen molar-refractivity contribution in [3.8, 4) is 11.5 Å². The van der Waals surface area contributed by atoms with Gasteiger partial charge in [0.2, 0.25) is 23.6 Å². The number of aryl methyl sites for hydroxylation is 1. The summed E-state index contributed by atoms with van der Waals surface area (Å²) in [5.41, 5.74) is 1.51. The van der Waals surface area contributed by atoms with Crippen LogP contribution in [0.3, 0.4) is 0 Å². The molecule has 2 N–H and O–H groups in total. The first kappa shape index (κ1) is 30.2. The maximum absolute atomic E-state index is 14.5. The van der Waals surface area contributed by atoms with E-state index in [4.69, 9.17) is 11.6 Å². The number of imide groups is 2. The fourth-order valence-corrected chi connectivity index (χ4v) is 8.51. The Morgan fingerprint density at radius 1 is 0.957 bits per heavy atom. The second-order valence-corrected chi connectivity index (χ2v) is 13.4. The van der Waals surface area contributed by atoms with Gasteiger partial charge in [-0.05, 0) is 80.5 Å². The Morgan fingerprint density at radius 2 is 1.70 bits per heavy atom. The van der Waals surface area contributed by atoms with Crippen LogP contribution in [0, 0.1) is 41.8 Å². The highest BCUT2D eigenvalue weighted by Gasteiger charge is 2.67. The largest absolute Gasteiger partial charge is 0.508 e. The van der Waals surface area contributed by atoms with Gasteiger partial charge in [0.05, 0.1) is 33.9 Å². The highest BCUT2D eigenvalue weighted by Crippen LogP contribution is 2.64. The number of carbonyl (C=O) groups is 4. The molecule has 236 valence electrons. The van der Waals surface area contributed by atoms with Crippen LogP contribution in [0.4, 0.5) is 10.1 Å². The molecule has 8 nitrogen and oxygen atoms in total. The summed E-state index contributed by atoms with van der Waals surface area (Å²) in [6.45, 7) is 3.66. The van der Waals surface area contributed by atoms with E-state index in [0.717, 1.165) is 22.1 Å². The number of fused-ring (bicyclic) bond motifs is 4. The number of anilines is 1. The van der Waals surface area contributed by atoms with Crippen LogP contribution in [0.25, 0.3) is 0 Å². The Labute approximate surface area is 270 Å². The molecular formula is C36H32ClFN2O6. The van der Waals surface area contributed by atoms with Crippen molar-refractivity contribution < 1.29 is 33.8 Å². The number of likely N-dealkylation sites (tertiary alicyclic amines) is 1. The van der Waals surface area contributed by atoms with E-state index in [1.54, 1.807) is 56.3 Å². The van der Waals surface area contributed by atoms with Crippen molar-refractivity contribution in [1.82, 2.24) is 4.90 Å². The highest BCUT2D eigenvalue weighted by atomic mass is 35.5. The SMILES string of the molecule is Cc1cccc([C@H]2C3=CC[C@@H]4C(=O)N(CCc5ccc(O)cc5)C(=O)[C@@H]4[C@@H]3C[C@H]3C(=O)N(c4ccc(F)c(Cl)c4)C(=O)[C@@]23C)c1O. The van der Waals surface area contributed by atoms with Crippen LogP contribution >= 0.6 is 11.6 Å². The van der Waals surface area contributed by atoms with Crippen molar-refractivity contribution in [3.63, 3.8) is 0 Å². The predicted molar refractivity (Wildman–Crippen MR) is 167 cm³/mol. The van der Waals surface area contributed by atoms with E-state index in [9.17, 15) is 33.8 Å². The Bertz CT molecular complexity index is 1860. The summed E-state index contributed by atoms with van der Waals surface area (Å²) >= 11 is 6.06. The standard InChI is InChI=1S/C36H32ClFN2O6/c1-18-4-3-5-24(31(18)42)30-22-11-12-23-29(34(45)39(32(23)43)15-14-19-6-9-21(41)10-7-19)25(22)17-26-33(44)40(35(46)36(26,30)2)20-8-13-28(38)27(37)16-20/h3-11,13,16,23,25-26,29-30,41-42H,12,14-15,17H2,1-2H3/t23-,25+,26-,29-,30+,36+/m0/s1. The number of halogens is 2. The molecule has 0 bridgehead atoms. The fraction of sp³-hybridized carbons (Fsp3) is 0.333. The smallest absolute Gasteiger partial charge is 0.241 e. The van der Waals surface area contributed by atoms with Gasteiger partial charge in [-0.25, -0.2) is 9.29 Å². The van der Waals surface area contributed by atoms with Crippen LogP contribution in [0.2, 0.25) is 5.02 Å². The minimum Gasteiger partial charge on any atom is -0.508 e. The lowest BCUT2D eigenvalue weighted by molar-refractivity contribution is -0.140. The minimum absolute atomic E-state index is 0.00373. The van der Waals surface area contributed by atoms with Crippen LogP contribution < -0.4 is 4.90 Å². The predicted octanol–water partition coefficient (Wildman–Crippen LogP) is 5.67. The van der Waals surface area contributed by atoms with Crippen LogP contribution in [0.1, 0.15) is 42.4 Å². The maximum atomic E-state index is 14.5. The van der Waals surface area contributed by atoms with E-state index >= 15 is 0 Å².